The van der Waals surface area contributed by atoms with Gasteiger partial charge in [-0.25, -0.2) is 0 Å². The minimum absolute atomic E-state index is 0.113. The number of hydrogen-bond donors (Lipinski definition) is 0. The van der Waals surface area contributed by atoms with Crippen molar-refractivity contribution in [3.8, 4) is 5.75 Å². The third-order valence-electron chi connectivity index (χ3n) is 7.27. The fourth-order valence-corrected chi connectivity index (χ4v) is 5.41. The fraction of sp³-hybridized carbons (Fsp3) is 0.692. The quantitative estimate of drug-likeness (QED) is 0.650. The van der Waals surface area contributed by atoms with Crippen LogP contribution in [-0.2, 0) is 4.79 Å². The molecule has 2 saturated heterocycles. The Morgan fingerprint density at radius 3 is 2.35 bits per heavy atom. The molecule has 5 nitrogen and oxygen atoms in total. The molecule has 1 atom stereocenters. The Labute approximate surface area is 187 Å². The number of carbonyl (C=O) groups is 2. The SMILES string of the molecule is O=C(CC1CCCCC1)N1CCC[C@H](COc2cccc(C(=O)N3CCCCC3)c2)C1. The first-order valence-corrected chi connectivity index (χ1v) is 12.5. The summed E-state index contributed by atoms with van der Waals surface area (Å²) in [7, 11) is 0. The van der Waals surface area contributed by atoms with Gasteiger partial charge in [0.05, 0.1) is 6.61 Å². The van der Waals surface area contributed by atoms with Crippen LogP contribution >= 0.6 is 0 Å². The van der Waals surface area contributed by atoms with Gasteiger partial charge in [-0.05, 0) is 69.1 Å². The van der Waals surface area contributed by atoms with E-state index in [4.69, 9.17) is 4.74 Å². The van der Waals surface area contributed by atoms with Crippen LogP contribution < -0.4 is 4.74 Å². The minimum Gasteiger partial charge on any atom is -0.493 e. The van der Waals surface area contributed by atoms with Crippen LogP contribution in [0.3, 0.4) is 0 Å². The van der Waals surface area contributed by atoms with Crippen LogP contribution in [0.1, 0.15) is 81.0 Å². The van der Waals surface area contributed by atoms with Crippen LogP contribution in [0.25, 0.3) is 0 Å². The second kappa shape index (κ2) is 11.0. The van der Waals surface area contributed by atoms with Crippen molar-refractivity contribution in [1.29, 1.82) is 0 Å². The lowest BCUT2D eigenvalue weighted by atomic mass is 9.86. The predicted molar refractivity (Wildman–Crippen MR) is 122 cm³/mol. The maximum Gasteiger partial charge on any atom is 0.253 e. The number of amides is 2. The zero-order chi connectivity index (χ0) is 21.5. The normalized spacial score (nSPS) is 22.9. The molecular formula is C26H38N2O3. The van der Waals surface area contributed by atoms with Gasteiger partial charge in [0.1, 0.15) is 5.75 Å². The Balaban J connectivity index is 1.26. The standard InChI is InChI=1S/C26H38N2O3/c29-25(17-21-9-3-1-4-10-21)28-16-8-11-22(19-28)20-31-24-13-7-12-23(18-24)26(30)27-14-5-2-6-15-27/h7,12-13,18,21-22H,1-6,8-11,14-17,19-20H2/t22-/m0/s1. The van der Waals surface area contributed by atoms with Crippen LogP contribution in [0.2, 0.25) is 0 Å². The molecule has 2 heterocycles. The first kappa shape index (κ1) is 22.2. The van der Waals surface area contributed by atoms with Crippen molar-refractivity contribution in [2.24, 2.45) is 11.8 Å². The van der Waals surface area contributed by atoms with Gasteiger partial charge < -0.3 is 14.5 Å². The second-order valence-electron chi connectivity index (χ2n) is 9.75. The monoisotopic (exact) mass is 426 g/mol. The molecular weight excluding hydrogens is 388 g/mol. The molecule has 1 saturated carbocycles. The Kier molecular flexibility index (Phi) is 7.87. The Hall–Kier alpha value is -2.04. The number of nitrogens with zero attached hydrogens (tertiary/aromatic N) is 2. The highest BCUT2D eigenvalue weighted by atomic mass is 16.5. The van der Waals surface area contributed by atoms with Crippen LogP contribution in [0.5, 0.6) is 5.75 Å². The van der Waals surface area contributed by atoms with Gasteiger partial charge in [-0.2, -0.15) is 0 Å². The first-order valence-electron chi connectivity index (χ1n) is 12.5. The zero-order valence-electron chi connectivity index (χ0n) is 18.9. The summed E-state index contributed by atoms with van der Waals surface area (Å²) in [5.41, 5.74) is 0.715. The summed E-state index contributed by atoms with van der Waals surface area (Å²) in [6, 6.07) is 7.61. The van der Waals surface area contributed by atoms with E-state index in [0.29, 0.717) is 29.9 Å². The molecule has 0 spiro atoms. The van der Waals surface area contributed by atoms with Crippen molar-refractivity contribution in [1.82, 2.24) is 9.80 Å². The lowest BCUT2D eigenvalue weighted by molar-refractivity contribution is -0.134. The van der Waals surface area contributed by atoms with E-state index in [1.165, 1.54) is 38.5 Å². The van der Waals surface area contributed by atoms with E-state index in [9.17, 15) is 9.59 Å². The van der Waals surface area contributed by atoms with E-state index in [1.54, 1.807) is 0 Å². The summed E-state index contributed by atoms with van der Waals surface area (Å²) < 4.78 is 6.09. The van der Waals surface area contributed by atoms with Crippen molar-refractivity contribution < 1.29 is 14.3 Å². The second-order valence-corrected chi connectivity index (χ2v) is 9.75. The van der Waals surface area contributed by atoms with E-state index in [2.05, 4.69) is 4.90 Å². The van der Waals surface area contributed by atoms with Gasteiger partial charge in [-0.15, -0.1) is 0 Å². The molecule has 3 aliphatic rings. The number of ether oxygens (including phenoxy) is 1. The number of rotatable bonds is 6. The molecule has 1 aromatic rings. The predicted octanol–water partition coefficient (Wildman–Crippen LogP) is 4.90. The molecule has 0 radical (unpaired) electrons. The molecule has 4 rings (SSSR count). The molecule has 1 aliphatic carbocycles. The average molecular weight is 427 g/mol. The van der Waals surface area contributed by atoms with E-state index in [-0.39, 0.29) is 5.91 Å². The number of hydrogen-bond acceptors (Lipinski definition) is 3. The molecule has 0 unspecified atom stereocenters. The van der Waals surface area contributed by atoms with E-state index in [0.717, 1.165) is 64.0 Å². The van der Waals surface area contributed by atoms with Gasteiger partial charge in [0.2, 0.25) is 5.91 Å². The van der Waals surface area contributed by atoms with Gasteiger partial charge >= 0.3 is 0 Å². The highest BCUT2D eigenvalue weighted by Crippen LogP contribution is 2.28. The third kappa shape index (κ3) is 6.24. The van der Waals surface area contributed by atoms with Crippen molar-refractivity contribution in [2.45, 2.75) is 70.6 Å². The summed E-state index contributed by atoms with van der Waals surface area (Å²) in [6.45, 7) is 4.02. The molecule has 170 valence electrons. The lowest BCUT2D eigenvalue weighted by Crippen LogP contribution is -2.42. The molecule has 3 fully saturated rings. The maximum atomic E-state index is 12.8. The van der Waals surface area contributed by atoms with Crippen molar-refractivity contribution in [3.63, 3.8) is 0 Å². The van der Waals surface area contributed by atoms with Crippen LogP contribution in [0, 0.1) is 11.8 Å². The molecule has 5 heteroatoms. The number of carbonyl (C=O) groups excluding carboxylic acids is 2. The maximum absolute atomic E-state index is 12.8. The summed E-state index contributed by atoms with van der Waals surface area (Å²) in [5, 5.41) is 0. The number of benzene rings is 1. The van der Waals surface area contributed by atoms with E-state index >= 15 is 0 Å². The molecule has 0 bridgehead atoms. The van der Waals surface area contributed by atoms with Crippen LogP contribution in [-0.4, -0.2) is 54.4 Å². The Bertz CT molecular complexity index is 738. The first-order chi connectivity index (χ1) is 15.2. The zero-order valence-corrected chi connectivity index (χ0v) is 18.9. The summed E-state index contributed by atoms with van der Waals surface area (Å²) >= 11 is 0. The smallest absolute Gasteiger partial charge is 0.253 e. The molecule has 1 aromatic carbocycles. The minimum atomic E-state index is 0.113. The number of piperidine rings is 2. The van der Waals surface area contributed by atoms with Gasteiger partial charge in [-0.1, -0.05) is 25.3 Å². The highest BCUT2D eigenvalue weighted by Gasteiger charge is 2.26. The van der Waals surface area contributed by atoms with Crippen molar-refractivity contribution in [2.75, 3.05) is 32.8 Å². The van der Waals surface area contributed by atoms with E-state index < -0.39 is 0 Å². The Morgan fingerprint density at radius 1 is 0.839 bits per heavy atom. The van der Waals surface area contributed by atoms with Gasteiger partial charge in [-0.3, -0.25) is 9.59 Å². The highest BCUT2D eigenvalue weighted by molar-refractivity contribution is 5.94. The summed E-state index contributed by atoms with van der Waals surface area (Å²) in [6.07, 6.45) is 12.6. The van der Waals surface area contributed by atoms with Crippen molar-refractivity contribution >= 4 is 11.8 Å². The van der Waals surface area contributed by atoms with Crippen molar-refractivity contribution in [3.05, 3.63) is 29.8 Å². The average Bonchev–Trinajstić information content (AvgIpc) is 2.84. The molecule has 2 amide bonds. The summed E-state index contributed by atoms with van der Waals surface area (Å²) in [5.74, 6) is 2.17. The van der Waals surface area contributed by atoms with E-state index in [1.807, 2.05) is 29.2 Å². The molecule has 0 N–H and O–H groups in total. The summed E-state index contributed by atoms with van der Waals surface area (Å²) in [4.78, 5) is 29.6. The topological polar surface area (TPSA) is 49.9 Å². The lowest BCUT2D eigenvalue weighted by Gasteiger charge is -2.34. The van der Waals surface area contributed by atoms with Gasteiger partial charge in [0.25, 0.3) is 5.91 Å². The van der Waals surface area contributed by atoms with Gasteiger partial charge in [0.15, 0.2) is 0 Å². The largest absolute Gasteiger partial charge is 0.493 e. The molecule has 2 aliphatic heterocycles. The van der Waals surface area contributed by atoms with Crippen LogP contribution in [0.15, 0.2) is 24.3 Å². The van der Waals surface area contributed by atoms with Crippen LogP contribution in [0.4, 0.5) is 0 Å². The molecule has 31 heavy (non-hydrogen) atoms. The van der Waals surface area contributed by atoms with Gasteiger partial charge in [0, 0.05) is 44.1 Å². The third-order valence-corrected chi connectivity index (χ3v) is 7.27. The number of likely N-dealkylation sites (tertiary alicyclic amines) is 2. The molecule has 0 aromatic heterocycles. The fourth-order valence-electron chi connectivity index (χ4n) is 5.41. The Morgan fingerprint density at radius 2 is 1.55 bits per heavy atom.